The Morgan fingerprint density at radius 1 is 1.60 bits per heavy atom. The van der Waals surface area contributed by atoms with Gasteiger partial charge in [-0.3, -0.25) is 0 Å². The molecule has 1 heterocycles. The topological polar surface area (TPSA) is 55.9 Å². The molecule has 0 aromatic carbocycles. The number of aromatic nitrogens is 2. The van der Waals surface area contributed by atoms with Gasteiger partial charge in [0.05, 0.1) is 11.0 Å². The van der Waals surface area contributed by atoms with Crippen LogP contribution in [0.4, 0.5) is 6.01 Å². The number of nitrogen functional groups attached to an aromatic ring is 1. The first-order valence-corrected chi connectivity index (χ1v) is 3.23. The zero-order chi connectivity index (χ0) is 7.72. The number of anilines is 1. The Labute approximate surface area is 59.6 Å². The zero-order valence-electron chi connectivity index (χ0n) is 6.46. The van der Waals surface area contributed by atoms with Gasteiger partial charge < -0.3 is 10.2 Å². The smallest absolute Gasteiger partial charge is 0.368 e. The van der Waals surface area contributed by atoms with Crippen molar-refractivity contribution in [1.82, 2.24) is 5.10 Å². The minimum Gasteiger partial charge on any atom is -0.368 e. The molecule has 0 saturated carbocycles. The number of hydrogen-bond acceptors (Lipinski definition) is 3. The molecule has 0 aliphatic rings. The summed E-state index contributed by atoms with van der Waals surface area (Å²) in [5.41, 5.74) is 5.32. The Morgan fingerprint density at radius 3 is 2.40 bits per heavy atom. The lowest BCUT2D eigenvalue weighted by Gasteiger charge is -1.89. The summed E-state index contributed by atoms with van der Waals surface area (Å²) in [7, 11) is 1.81. The largest absolute Gasteiger partial charge is 0.377 e. The fourth-order valence-corrected chi connectivity index (χ4v) is 0.882. The molecule has 0 radical (unpaired) electrons. The van der Waals surface area contributed by atoms with E-state index in [-0.39, 0.29) is 6.01 Å². The number of rotatable bonds is 1. The molecule has 0 fully saturated rings. The van der Waals surface area contributed by atoms with Gasteiger partial charge >= 0.3 is 11.9 Å². The maximum Gasteiger partial charge on any atom is 0.377 e. The second-order valence-corrected chi connectivity index (χ2v) is 2.56. The molecule has 0 amide bonds. The van der Waals surface area contributed by atoms with Crippen LogP contribution in [0.15, 0.2) is 4.42 Å². The molecule has 0 spiro atoms. The third kappa shape index (κ3) is 1.10. The van der Waals surface area contributed by atoms with Crippen LogP contribution in [0.1, 0.15) is 25.7 Å². The van der Waals surface area contributed by atoms with Crippen molar-refractivity contribution in [1.29, 1.82) is 0 Å². The van der Waals surface area contributed by atoms with Crippen molar-refractivity contribution >= 4 is 6.01 Å². The second kappa shape index (κ2) is 2.28. The molecule has 0 saturated heterocycles. The molecule has 4 nitrogen and oxygen atoms in total. The van der Waals surface area contributed by atoms with Crippen LogP contribution in [0.5, 0.6) is 0 Å². The summed E-state index contributed by atoms with van der Waals surface area (Å²) in [5.74, 6) is 1.13. The molecule has 2 N–H and O–H groups in total. The van der Waals surface area contributed by atoms with Crippen molar-refractivity contribution < 1.29 is 9.10 Å². The van der Waals surface area contributed by atoms with E-state index in [1.54, 1.807) is 4.68 Å². The van der Waals surface area contributed by atoms with E-state index in [0.717, 1.165) is 5.89 Å². The van der Waals surface area contributed by atoms with Gasteiger partial charge in [0.1, 0.15) is 0 Å². The predicted octanol–water partition coefficient (Wildman–Crippen LogP) is 0.205. The molecule has 1 aromatic rings. The third-order valence-corrected chi connectivity index (χ3v) is 1.27. The average molecular weight is 142 g/mol. The first-order valence-electron chi connectivity index (χ1n) is 3.23. The van der Waals surface area contributed by atoms with Crippen LogP contribution in [0.25, 0.3) is 0 Å². The van der Waals surface area contributed by atoms with Crippen LogP contribution in [-0.2, 0) is 7.05 Å². The molecule has 0 aliphatic carbocycles. The van der Waals surface area contributed by atoms with Crippen LogP contribution in [0, 0.1) is 0 Å². The highest BCUT2D eigenvalue weighted by Gasteiger charge is 2.19. The normalized spacial score (nSPS) is 10.8. The Kier molecular flexibility index (Phi) is 1.61. The van der Waals surface area contributed by atoms with Crippen LogP contribution < -0.4 is 10.4 Å². The number of aryl methyl sites for hydroxylation is 1. The summed E-state index contributed by atoms with van der Waals surface area (Å²) in [5, 5.41) is 3.86. The Morgan fingerprint density at radius 2 is 2.20 bits per heavy atom. The van der Waals surface area contributed by atoms with Gasteiger partial charge in [-0.1, -0.05) is 4.68 Å². The third-order valence-electron chi connectivity index (χ3n) is 1.27. The van der Waals surface area contributed by atoms with Crippen molar-refractivity contribution in [2.45, 2.75) is 19.8 Å². The fourth-order valence-electron chi connectivity index (χ4n) is 0.882. The van der Waals surface area contributed by atoms with Crippen molar-refractivity contribution in [3.8, 4) is 0 Å². The minimum atomic E-state index is 0.228. The van der Waals surface area contributed by atoms with Crippen LogP contribution in [-0.4, -0.2) is 5.10 Å². The highest BCUT2D eigenvalue weighted by atomic mass is 16.4. The second-order valence-electron chi connectivity index (χ2n) is 2.56. The molecule has 0 atom stereocenters. The lowest BCUT2D eigenvalue weighted by molar-refractivity contribution is -0.739. The molecular formula is C6H12N3O+. The Hall–Kier alpha value is -1.06. The maximum absolute atomic E-state index is 5.32. The van der Waals surface area contributed by atoms with E-state index in [4.69, 9.17) is 10.2 Å². The van der Waals surface area contributed by atoms with E-state index in [1.165, 1.54) is 0 Å². The SMILES string of the molecule is CC(C)c1oc(N)n[n+]1C. The fraction of sp³-hybridized carbons (Fsp3) is 0.667. The summed E-state index contributed by atoms with van der Waals surface area (Å²) in [6.07, 6.45) is 0. The van der Waals surface area contributed by atoms with Gasteiger partial charge in [-0.2, -0.15) is 0 Å². The van der Waals surface area contributed by atoms with E-state index in [1.807, 2.05) is 20.9 Å². The van der Waals surface area contributed by atoms with E-state index < -0.39 is 0 Å². The maximum atomic E-state index is 5.32. The molecule has 1 aromatic heterocycles. The highest BCUT2D eigenvalue weighted by Crippen LogP contribution is 2.10. The van der Waals surface area contributed by atoms with Crippen molar-refractivity contribution in [3.05, 3.63) is 5.89 Å². The van der Waals surface area contributed by atoms with E-state index in [2.05, 4.69) is 5.10 Å². The van der Waals surface area contributed by atoms with Crippen molar-refractivity contribution in [3.63, 3.8) is 0 Å². The van der Waals surface area contributed by atoms with Gasteiger partial charge in [0.25, 0.3) is 0 Å². The van der Waals surface area contributed by atoms with Gasteiger partial charge in [0.15, 0.2) is 7.05 Å². The molecule has 0 bridgehead atoms. The summed E-state index contributed by atoms with van der Waals surface area (Å²) in [4.78, 5) is 0. The molecular weight excluding hydrogens is 130 g/mol. The monoisotopic (exact) mass is 142 g/mol. The summed E-state index contributed by atoms with van der Waals surface area (Å²) in [6, 6.07) is 0.228. The number of hydrogen-bond donors (Lipinski definition) is 1. The van der Waals surface area contributed by atoms with Gasteiger partial charge in [0, 0.05) is 0 Å². The minimum absolute atomic E-state index is 0.228. The van der Waals surface area contributed by atoms with Crippen LogP contribution in [0.3, 0.4) is 0 Å². The number of nitrogens with two attached hydrogens (primary N) is 1. The predicted molar refractivity (Wildman–Crippen MR) is 36.2 cm³/mol. The molecule has 10 heavy (non-hydrogen) atoms. The standard InChI is InChI=1S/C6H12N3O/c1-4(2)5-9(3)8-6(7)10-5/h4H,1-3H3,(H2,7,8)/q+1. The van der Waals surface area contributed by atoms with Gasteiger partial charge in [-0.25, -0.2) is 0 Å². The number of nitrogens with zero attached hydrogens (tertiary/aromatic N) is 2. The molecule has 1 rings (SSSR count). The van der Waals surface area contributed by atoms with Gasteiger partial charge in [-0.15, -0.1) is 0 Å². The first kappa shape index (κ1) is 7.05. The lowest BCUT2D eigenvalue weighted by Crippen LogP contribution is -2.34. The first-order chi connectivity index (χ1) is 4.61. The zero-order valence-corrected chi connectivity index (χ0v) is 6.46. The Balaban J connectivity index is 3.03. The summed E-state index contributed by atoms with van der Waals surface area (Å²) >= 11 is 0. The summed E-state index contributed by atoms with van der Waals surface area (Å²) < 4.78 is 6.76. The molecule has 0 aliphatic heterocycles. The van der Waals surface area contributed by atoms with E-state index in [9.17, 15) is 0 Å². The van der Waals surface area contributed by atoms with Crippen molar-refractivity contribution in [2.75, 3.05) is 5.73 Å². The van der Waals surface area contributed by atoms with E-state index >= 15 is 0 Å². The van der Waals surface area contributed by atoms with Crippen LogP contribution >= 0.6 is 0 Å². The van der Waals surface area contributed by atoms with Crippen molar-refractivity contribution in [2.24, 2.45) is 7.05 Å². The summed E-state index contributed by atoms with van der Waals surface area (Å²) in [6.45, 7) is 4.06. The quantitative estimate of drug-likeness (QED) is 0.570. The highest BCUT2D eigenvalue weighted by molar-refractivity contribution is 5.02. The average Bonchev–Trinajstić information content (AvgIpc) is 2.10. The molecule has 0 unspecified atom stereocenters. The Bertz CT molecular complexity index is 229. The lowest BCUT2D eigenvalue weighted by atomic mass is 10.2. The van der Waals surface area contributed by atoms with Gasteiger partial charge in [0.2, 0.25) is 0 Å². The molecule has 4 heteroatoms. The van der Waals surface area contributed by atoms with Gasteiger partial charge in [-0.05, 0) is 13.8 Å². The van der Waals surface area contributed by atoms with E-state index in [0.29, 0.717) is 5.92 Å². The van der Waals surface area contributed by atoms with Crippen LogP contribution in [0.2, 0.25) is 0 Å². The molecule has 56 valence electrons.